The maximum Gasteiger partial charge on any atom is 0.256 e. The monoisotopic (exact) mass is 368 g/mol. The first kappa shape index (κ1) is 16.9. The van der Waals surface area contributed by atoms with Crippen LogP contribution in [-0.4, -0.2) is 41.5 Å². The smallest absolute Gasteiger partial charge is 0.256 e. The Bertz CT molecular complexity index is 873. The van der Waals surface area contributed by atoms with Crippen LogP contribution in [0.3, 0.4) is 0 Å². The molecular weight excluding hydrogens is 352 g/mol. The highest BCUT2D eigenvalue weighted by Gasteiger charge is 2.29. The molecule has 24 heavy (non-hydrogen) atoms. The minimum atomic E-state index is -3.69. The highest BCUT2D eigenvalue weighted by atomic mass is 35.5. The Hall–Kier alpha value is -1.90. The van der Waals surface area contributed by atoms with Gasteiger partial charge in [-0.05, 0) is 31.0 Å². The van der Waals surface area contributed by atoms with Crippen molar-refractivity contribution in [2.75, 3.05) is 18.4 Å². The first-order valence-corrected chi connectivity index (χ1v) is 9.30. The SMILES string of the molecule is Cn1ccc(NC(=O)c2ccc(Cl)c(S(=O)(=O)N3CCCC3)c2)n1. The summed E-state index contributed by atoms with van der Waals surface area (Å²) in [6.07, 6.45) is 3.36. The van der Waals surface area contributed by atoms with Crippen LogP contribution in [0, 0.1) is 0 Å². The zero-order valence-corrected chi connectivity index (χ0v) is 14.6. The molecule has 1 aromatic carbocycles. The summed E-state index contributed by atoms with van der Waals surface area (Å²) in [5, 5.41) is 6.79. The largest absolute Gasteiger partial charge is 0.305 e. The molecule has 2 aromatic rings. The first-order valence-electron chi connectivity index (χ1n) is 7.48. The Kier molecular flexibility index (Phi) is 4.62. The molecule has 1 aromatic heterocycles. The third kappa shape index (κ3) is 3.31. The number of aromatic nitrogens is 2. The van der Waals surface area contributed by atoms with E-state index < -0.39 is 15.9 Å². The lowest BCUT2D eigenvalue weighted by Gasteiger charge is -2.17. The Labute approximate surface area is 145 Å². The van der Waals surface area contributed by atoms with Gasteiger partial charge in [0.25, 0.3) is 5.91 Å². The van der Waals surface area contributed by atoms with Crippen molar-refractivity contribution >= 4 is 33.3 Å². The molecule has 9 heteroatoms. The van der Waals surface area contributed by atoms with Crippen molar-refractivity contribution in [1.29, 1.82) is 0 Å². The summed E-state index contributed by atoms with van der Waals surface area (Å²) in [5.41, 5.74) is 0.211. The van der Waals surface area contributed by atoms with E-state index in [4.69, 9.17) is 11.6 Å². The third-order valence-electron chi connectivity index (χ3n) is 3.83. The van der Waals surface area contributed by atoms with Crippen molar-refractivity contribution in [2.24, 2.45) is 7.05 Å². The van der Waals surface area contributed by atoms with E-state index in [-0.39, 0.29) is 15.5 Å². The standard InChI is InChI=1S/C15H17ClN4O3S/c1-19-9-6-14(18-19)17-15(21)11-4-5-12(16)13(10-11)24(22,23)20-7-2-3-8-20/h4-6,9-10H,2-3,7-8H2,1H3,(H,17,18,21). The van der Waals surface area contributed by atoms with Crippen LogP contribution in [0.5, 0.6) is 0 Å². The number of carbonyl (C=O) groups excluding carboxylic acids is 1. The summed E-state index contributed by atoms with van der Waals surface area (Å²) < 4.78 is 28.3. The van der Waals surface area contributed by atoms with Crippen molar-refractivity contribution in [3.05, 3.63) is 41.0 Å². The molecule has 3 rings (SSSR count). The van der Waals surface area contributed by atoms with E-state index in [0.717, 1.165) is 12.8 Å². The lowest BCUT2D eigenvalue weighted by molar-refractivity contribution is 0.102. The van der Waals surface area contributed by atoms with Gasteiger partial charge >= 0.3 is 0 Å². The molecule has 128 valence electrons. The number of sulfonamides is 1. The average Bonchev–Trinajstić information content (AvgIpc) is 3.19. The number of amides is 1. The Morgan fingerprint density at radius 1 is 1.25 bits per heavy atom. The lowest BCUT2D eigenvalue weighted by atomic mass is 10.2. The fourth-order valence-corrected chi connectivity index (χ4v) is 4.60. The van der Waals surface area contributed by atoms with Crippen LogP contribution in [0.25, 0.3) is 0 Å². The predicted molar refractivity (Wildman–Crippen MR) is 90.6 cm³/mol. The van der Waals surface area contributed by atoms with Crippen LogP contribution in [0.1, 0.15) is 23.2 Å². The molecular formula is C15H17ClN4O3S. The number of rotatable bonds is 4. The van der Waals surface area contributed by atoms with Crippen molar-refractivity contribution in [3.8, 4) is 0 Å². The van der Waals surface area contributed by atoms with E-state index in [1.54, 1.807) is 24.0 Å². The summed E-state index contributed by atoms with van der Waals surface area (Å²) in [6, 6.07) is 5.88. The van der Waals surface area contributed by atoms with Gasteiger partial charge in [0, 0.05) is 38.0 Å². The molecule has 2 heterocycles. The lowest BCUT2D eigenvalue weighted by Crippen LogP contribution is -2.28. The van der Waals surface area contributed by atoms with Gasteiger partial charge < -0.3 is 5.32 Å². The summed E-state index contributed by atoms with van der Waals surface area (Å²) >= 11 is 6.07. The topological polar surface area (TPSA) is 84.3 Å². The molecule has 0 spiro atoms. The minimum Gasteiger partial charge on any atom is -0.305 e. The summed E-state index contributed by atoms with van der Waals surface area (Å²) in [7, 11) is -1.96. The number of nitrogens with one attached hydrogen (secondary N) is 1. The van der Waals surface area contributed by atoms with Gasteiger partial charge in [-0.15, -0.1) is 0 Å². The van der Waals surface area contributed by atoms with Crippen LogP contribution in [0.2, 0.25) is 5.02 Å². The van der Waals surface area contributed by atoms with Crippen LogP contribution in [-0.2, 0) is 17.1 Å². The fraction of sp³-hybridized carbons (Fsp3) is 0.333. The summed E-state index contributed by atoms with van der Waals surface area (Å²) in [4.78, 5) is 12.3. The van der Waals surface area contributed by atoms with Crippen LogP contribution in [0.15, 0.2) is 35.4 Å². The van der Waals surface area contributed by atoms with E-state index in [2.05, 4.69) is 10.4 Å². The normalized spacial score (nSPS) is 15.6. The van der Waals surface area contributed by atoms with E-state index in [1.165, 1.54) is 22.5 Å². The molecule has 1 fully saturated rings. The molecule has 1 N–H and O–H groups in total. The quantitative estimate of drug-likeness (QED) is 0.895. The van der Waals surface area contributed by atoms with Gasteiger partial charge in [0.15, 0.2) is 5.82 Å². The summed E-state index contributed by atoms with van der Waals surface area (Å²) in [6.45, 7) is 0.950. The van der Waals surface area contributed by atoms with E-state index >= 15 is 0 Å². The number of carbonyl (C=O) groups is 1. The van der Waals surface area contributed by atoms with Gasteiger partial charge in [0.05, 0.1) is 5.02 Å². The molecule has 7 nitrogen and oxygen atoms in total. The number of hydrogen-bond donors (Lipinski definition) is 1. The summed E-state index contributed by atoms with van der Waals surface area (Å²) in [5.74, 6) is -0.0513. The van der Waals surface area contributed by atoms with Gasteiger partial charge in [0.1, 0.15) is 4.90 Å². The van der Waals surface area contributed by atoms with Crippen LogP contribution >= 0.6 is 11.6 Å². The van der Waals surface area contributed by atoms with Gasteiger partial charge in [-0.2, -0.15) is 9.40 Å². The number of halogens is 1. The molecule has 0 bridgehead atoms. The second-order valence-corrected chi connectivity index (χ2v) is 7.90. The highest BCUT2D eigenvalue weighted by molar-refractivity contribution is 7.89. The Balaban J connectivity index is 1.89. The van der Waals surface area contributed by atoms with Gasteiger partial charge in [-0.1, -0.05) is 11.6 Å². The van der Waals surface area contributed by atoms with Crippen molar-refractivity contribution in [1.82, 2.24) is 14.1 Å². The van der Waals surface area contributed by atoms with E-state index in [1.807, 2.05) is 0 Å². The number of anilines is 1. The molecule has 0 saturated carbocycles. The molecule has 1 amide bonds. The third-order valence-corrected chi connectivity index (χ3v) is 6.21. The molecule has 1 aliphatic rings. The molecule has 0 aliphatic carbocycles. The molecule has 0 unspecified atom stereocenters. The van der Waals surface area contributed by atoms with Crippen molar-refractivity contribution in [2.45, 2.75) is 17.7 Å². The molecule has 1 saturated heterocycles. The second-order valence-electron chi connectivity index (χ2n) is 5.59. The molecule has 1 aliphatic heterocycles. The fourth-order valence-electron chi connectivity index (χ4n) is 2.58. The molecule has 0 atom stereocenters. The van der Waals surface area contributed by atoms with Gasteiger partial charge in [-0.25, -0.2) is 8.42 Å². The Morgan fingerprint density at radius 3 is 2.58 bits per heavy atom. The zero-order valence-electron chi connectivity index (χ0n) is 13.1. The highest BCUT2D eigenvalue weighted by Crippen LogP contribution is 2.28. The van der Waals surface area contributed by atoms with Crippen molar-refractivity contribution < 1.29 is 13.2 Å². The Morgan fingerprint density at radius 2 is 1.96 bits per heavy atom. The number of hydrogen-bond acceptors (Lipinski definition) is 4. The number of aryl methyl sites for hydroxylation is 1. The number of nitrogens with zero attached hydrogens (tertiary/aromatic N) is 3. The van der Waals surface area contributed by atoms with Crippen LogP contribution in [0.4, 0.5) is 5.82 Å². The zero-order chi connectivity index (χ0) is 17.3. The predicted octanol–water partition coefficient (Wildman–Crippen LogP) is 2.11. The maximum absolute atomic E-state index is 12.7. The van der Waals surface area contributed by atoms with Gasteiger partial charge in [0.2, 0.25) is 10.0 Å². The first-order chi connectivity index (χ1) is 11.4. The minimum absolute atomic E-state index is 0.0419. The van der Waals surface area contributed by atoms with E-state index in [0.29, 0.717) is 18.9 Å². The van der Waals surface area contributed by atoms with E-state index in [9.17, 15) is 13.2 Å². The van der Waals surface area contributed by atoms with Gasteiger partial charge in [-0.3, -0.25) is 9.48 Å². The van der Waals surface area contributed by atoms with Crippen molar-refractivity contribution in [3.63, 3.8) is 0 Å². The van der Waals surface area contributed by atoms with Crippen LogP contribution < -0.4 is 5.32 Å². The maximum atomic E-state index is 12.7. The molecule has 0 radical (unpaired) electrons. The average molecular weight is 369 g/mol. The second kappa shape index (κ2) is 6.54. The number of benzene rings is 1.